The van der Waals surface area contributed by atoms with Gasteiger partial charge in [-0.2, -0.15) is 0 Å². The molecule has 0 unspecified atom stereocenters. The topological polar surface area (TPSA) is 6.48 Å². The minimum Gasteiger partial charge on any atom is -0.302 e. The van der Waals surface area contributed by atoms with Gasteiger partial charge in [0, 0.05) is 26.2 Å². The fraction of sp³-hybridized carbons (Fsp3) is 0.455. The molecule has 0 spiro atoms. The number of fused-ring (bicyclic) bond motifs is 2. The molecule has 0 aromatic heterocycles. The van der Waals surface area contributed by atoms with E-state index in [1.54, 1.807) is 24.3 Å². The van der Waals surface area contributed by atoms with Crippen LogP contribution < -0.4 is 0 Å². The standard InChI is InChI=1S/2C10H12FN.C2H6/c2*1-12-6-5-9-8(7-12)3-2-4-10(9)11;1-2/h2*2-4H,5-7H2,1H3;1-2H3. The Morgan fingerprint density at radius 2 is 1.08 bits per heavy atom. The lowest BCUT2D eigenvalue weighted by atomic mass is 10.00. The highest BCUT2D eigenvalue weighted by Gasteiger charge is 2.16. The van der Waals surface area contributed by atoms with E-state index in [-0.39, 0.29) is 11.6 Å². The Bertz CT molecular complexity index is 654. The van der Waals surface area contributed by atoms with Gasteiger partial charge in [-0.15, -0.1) is 0 Å². The molecule has 0 fully saturated rings. The first-order valence-electron chi connectivity index (χ1n) is 9.44. The molecule has 4 rings (SSSR count). The summed E-state index contributed by atoms with van der Waals surface area (Å²) >= 11 is 0. The van der Waals surface area contributed by atoms with Gasteiger partial charge in [-0.25, -0.2) is 8.78 Å². The molecular formula is C22H30F2N2. The van der Waals surface area contributed by atoms with E-state index in [0.717, 1.165) is 61.3 Å². The van der Waals surface area contributed by atoms with E-state index in [1.165, 1.54) is 0 Å². The van der Waals surface area contributed by atoms with Crippen LogP contribution in [0.1, 0.15) is 36.1 Å². The molecule has 0 saturated heterocycles. The van der Waals surface area contributed by atoms with Gasteiger partial charge in [0.2, 0.25) is 0 Å². The summed E-state index contributed by atoms with van der Waals surface area (Å²) in [5.41, 5.74) is 4.11. The van der Waals surface area contributed by atoms with Gasteiger partial charge >= 0.3 is 0 Å². The number of rotatable bonds is 0. The molecule has 0 N–H and O–H groups in total. The van der Waals surface area contributed by atoms with Crippen LogP contribution >= 0.6 is 0 Å². The third kappa shape index (κ3) is 5.12. The molecule has 0 saturated carbocycles. The summed E-state index contributed by atoms with van der Waals surface area (Å²) in [4.78, 5) is 4.42. The number of hydrogen-bond donors (Lipinski definition) is 0. The van der Waals surface area contributed by atoms with Crippen LogP contribution in [0.25, 0.3) is 0 Å². The van der Waals surface area contributed by atoms with Gasteiger partial charge < -0.3 is 9.80 Å². The van der Waals surface area contributed by atoms with E-state index in [0.29, 0.717) is 0 Å². The van der Waals surface area contributed by atoms with Crippen molar-refractivity contribution in [2.45, 2.75) is 39.8 Å². The first-order valence-corrected chi connectivity index (χ1v) is 9.44. The molecule has 4 heteroatoms. The van der Waals surface area contributed by atoms with Crippen LogP contribution in [0.4, 0.5) is 8.78 Å². The van der Waals surface area contributed by atoms with Crippen molar-refractivity contribution in [1.29, 1.82) is 0 Å². The van der Waals surface area contributed by atoms with Crippen molar-refractivity contribution < 1.29 is 8.78 Å². The molecule has 26 heavy (non-hydrogen) atoms. The van der Waals surface area contributed by atoms with Gasteiger partial charge in [0.25, 0.3) is 0 Å². The maximum absolute atomic E-state index is 13.2. The summed E-state index contributed by atoms with van der Waals surface area (Å²) in [5, 5.41) is 0. The van der Waals surface area contributed by atoms with Crippen molar-refractivity contribution in [2.24, 2.45) is 0 Å². The number of halogens is 2. The van der Waals surface area contributed by atoms with Crippen LogP contribution in [0.2, 0.25) is 0 Å². The molecular weight excluding hydrogens is 330 g/mol. The van der Waals surface area contributed by atoms with Crippen molar-refractivity contribution in [3.05, 3.63) is 70.3 Å². The molecule has 2 aliphatic rings. The lowest BCUT2D eigenvalue weighted by Crippen LogP contribution is -2.27. The van der Waals surface area contributed by atoms with Crippen molar-refractivity contribution in [3.8, 4) is 0 Å². The molecule has 2 aromatic carbocycles. The summed E-state index contributed by atoms with van der Waals surface area (Å²) in [5.74, 6) is -0.0822. The maximum Gasteiger partial charge on any atom is 0.126 e. The zero-order valence-corrected chi connectivity index (χ0v) is 16.4. The van der Waals surface area contributed by atoms with Gasteiger partial charge in [0.1, 0.15) is 11.6 Å². The molecule has 0 aliphatic carbocycles. The third-order valence-electron chi connectivity index (χ3n) is 4.80. The second-order valence-corrected chi connectivity index (χ2v) is 6.73. The third-order valence-corrected chi connectivity index (χ3v) is 4.80. The van der Waals surface area contributed by atoms with Gasteiger partial charge in [-0.05, 0) is 61.3 Å². The Balaban J connectivity index is 0.000000171. The smallest absolute Gasteiger partial charge is 0.126 e. The molecule has 0 bridgehead atoms. The highest BCUT2D eigenvalue weighted by molar-refractivity contribution is 5.31. The van der Waals surface area contributed by atoms with Crippen LogP contribution in [0.5, 0.6) is 0 Å². The van der Waals surface area contributed by atoms with Gasteiger partial charge in [0.05, 0.1) is 0 Å². The summed E-state index contributed by atoms with van der Waals surface area (Å²) in [6.07, 6.45) is 1.69. The summed E-state index contributed by atoms with van der Waals surface area (Å²) in [7, 11) is 4.13. The highest BCUT2D eigenvalue weighted by atomic mass is 19.1. The summed E-state index contributed by atoms with van der Waals surface area (Å²) in [6, 6.07) is 10.7. The van der Waals surface area contributed by atoms with Crippen molar-refractivity contribution >= 4 is 0 Å². The number of nitrogens with zero attached hydrogens (tertiary/aromatic N) is 2. The van der Waals surface area contributed by atoms with Gasteiger partial charge in [-0.3, -0.25) is 0 Å². The van der Waals surface area contributed by atoms with Gasteiger partial charge in [0.15, 0.2) is 0 Å². The normalized spacial score (nSPS) is 16.4. The molecule has 0 atom stereocenters. The molecule has 2 aliphatic heterocycles. The molecule has 2 aromatic rings. The average molecular weight is 360 g/mol. The lowest BCUT2D eigenvalue weighted by molar-refractivity contribution is 0.309. The van der Waals surface area contributed by atoms with Crippen LogP contribution in [0.15, 0.2) is 36.4 Å². The van der Waals surface area contributed by atoms with E-state index in [1.807, 2.05) is 26.0 Å². The van der Waals surface area contributed by atoms with E-state index in [9.17, 15) is 8.78 Å². The van der Waals surface area contributed by atoms with Crippen LogP contribution in [0, 0.1) is 11.6 Å². The Morgan fingerprint density at radius 3 is 1.46 bits per heavy atom. The first kappa shape index (κ1) is 20.5. The van der Waals surface area contributed by atoms with Crippen LogP contribution in [0.3, 0.4) is 0 Å². The summed E-state index contributed by atoms with van der Waals surface area (Å²) < 4.78 is 26.4. The van der Waals surface area contributed by atoms with E-state index in [2.05, 4.69) is 23.9 Å². The quantitative estimate of drug-likeness (QED) is 0.674. The first-order chi connectivity index (χ1) is 12.5. The van der Waals surface area contributed by atoms with E-state index >= 15 is 0 Å². The monoisotopic (exact) mass is 360 g/mol. The van der Waals surface area contributed by atoms with Crippen molar-refractivity contribution in [3.63, 3.8) is 0 Å². The highest BCUT2D eigenvalue weighted by Crippen LogP contribution is 2.21. The van der Waals surface area contributed by atoms with Crippen LogP contribution in [-0.2, 0) is 25.9 Å². The lowest BCUT2D eigenvalue weighted by Gasteiger charge is -2.24. The molecule has 2 nitrogen and oxygen atoms in total. The zero-order valence-electron chi connectivity index (χ0n) is 16.4. The Labute approximate surface area is 156 Å². The minimum absolute atomic E-state index is 0.0411. The second-order valence-electron chi connectivity index (χ2n) is 6.73. The minimum atomic E-state index is -0.0411. The SMILES string of the molecule is CC.CN1CCc2c(F)cccc2C1.CN1CCc2c(F)cccc2C1. The summed E-state index contributed by atoms with van der Waals surface area (Å²) in [6.45, 7) is 7.70. The fourth-order valence-corrected chi connectivity index (χ4v) is 3.41. The molecule has 142 valence electrons. The predicted octanol–water partition coefficient (Wildman–Crippen LogP) is 4.65. The van der Waals surface area contributed by atoms with Crippen LogP contribution in [-0.4, -0.2) is 37.0 Å². The Kier molecular flexibility index (Phi) is 7.73. The maximum atomic E-state index is 13.2. The van der Waals surface area contributed by atoms with Crippen molar-refractivity contribution in [1.82, 2.24) is 9.80 Å². The second kappa shape index (κ2) is 9.79. The average Bonchev–Trinajstić information content (AvgIpc) is 2.64. The Morgan fingerprint density at radius 1 is 0.692 bits per heavy atom. The number of likely N-dealkylation sites (N-methyl/N-ethyl adjacent to an activating group) is 2. The van der Waals surface area contributed by atoms with Gasteiger partial charge in [-0.1, -0.05) is 38.1 Å². The molecule has 0 radical (unpaired) electrons. The Hall–Kier alpha value is -1.78. The van der Waals surface area contributed by atoms with Crippen molar-refractivity contribution in [2.75, 3.05) is 27.2 Å². The fourth-order valence-electron chi connectivity index (χ4n) is 3.41. The van der Waals surface area contributed by atoms with E-state index in [4.69, 9.17) is 0 Å². The zero-order chi connectivity index (χ0) is 19.1. The molecule has 0 amide bonds. The number of hydrogen-bond acceptors (Lipinski definition) is 2. The largest absolute Gasteiger partial charge is 0.302 e. The van der Waals surface area contributed by atoms with E-state index < -0.39 is 0 Å². The molecule has 2 heterocycles. The predicted molar refractivity (Wildman–Crippen MR) is 104 cm³/mol. The number of benzene rings is 2.